The van der Waals surface area contributed by atoms with Crippen LogP contribution in [0.3, 0.4) is 0 Å². The van der Waals surface area contributed by atoms with Crippen LogP contribution in [0, 0.1) is 0 Å². The molecule has 0 radical (unpaired) electrons. The van der Waals surface area contributed by atoms with Crippen molar-refractivity contribution >= 4 is 29.3 Å². The molecule has 5 rings (SSSR count). The topological polar surface area (TPSA) is 110 Å². The summed E-state index contributed by atoms with van der Waals surface area (Å²) in [5.74, 6) is 0.584. The third-order valence-corrected chi connectivity index (χ3v) is 7.61. The first kappa shape index (κ1) is 29.3. The lowest BCUT2D eigenvalue weighted by molar-refractivity contribution is -0.124. The average Bonchev–Trinajstić information content (AvgIpc) is 2.99. The quantitative estimate of drug-likeness (QED) is 0.480. The predicted molar refractivity (Wildman–Crippen MR) is 156 cm³/mol. The Balaban J connectivity index is 1.45. The van der Waals surface area contributed by atoms with E-state index in [1.165, 1.54) is 24.4 Å². The van der Waals surface area contributed by atoms with Crippen LogP contribution in [0.25, 0.3) is 0 Å². The molecule has 2 atom stereocenters. The van der Waals surface area contributed by atoms with E-state index < -0.39 is 6.10 Å². The van der Waals surface area contributed by atoms with E-state index in [1.807, 2.05) is 31.2 Å². The van der Waals surface area contributed by atoms with Gasteiger partial charge in [0.15, 0.2) is 11.5 Å². The van der Waals surface area contributed by atoms with Crippen molar-refractivity contribution in [3.8, 4) is 17.2 Å². The number of amides is 3. The van der Waals surface area contributed by atoms with Crippen LogP contribution in [0.1, 0.15) is 46.0 Å². The fourth-order valence-corrected chi connectivity index (χ4v) is 5.40. The maximum Gasteiger partial charge on any atom is 0.255 e. The molecule has 1 N–H and O–H groups in total. The van der Waals surface area contributed by atoms with E-state index in [0.717, 1.165) is 5.56 Å². The van der Waals surface area contributed by atoms with Crippen molar-refractivity contribution in [2.45, 2.75) is 38.5 Å². The predicted octanol–water partition coefficient (Wildman–Crippen LogP) is 4.32. The van der Waals surface area contributed by atoms with Crippen LogP contribution < -0.4 is 14.8 Å². The molecule has 220 valence electrons. The molecule has 1 saturated heterocycles. The molecule has 2 aromatic carbocycles. The molecular formula is C31H33ClN4O6. The minimum absolute atomic E-state index is 0.119. The Labute approximate surface area is 249 Å². The van der Waals surface area contributed by atoms with Crippen molar-refractivity contribution in [1.29, 1.82) is 0 Å². The van der Waals surface area contributed by atoms with Crippen LogP contribution in [0.15, 0.2) is 60.9 Å². The zero-order valence-electron chi connectivity index (χ0n) is 23.5. The summed E-state index contributed by atoms with van der Waals surface area (Å²) in [5.41, 5.74) is 1.59. The Kier molecular flexibility index (Phi) is 9.24. The normalized spacial score (nSPS) is 19.4. The number of fused-ring (bicyclic) bond motifs is 5. The number of ether oxygens (including phenoxy) is 3. The van der Waals surface area contributed by atoms with Crippen molar-refractivity contribution in [2.24, 2.45) is 0 Å². The largest absolute Gasteiger partial charge is 0.493 e. The van der Waals surface area contributed by atoms with E-state index >= 15 is 0 Å². The third-order valence-electron chi connectivity index (χ3n) is 7.31. The van der Waals surface area contributed by atoms with Gasteiger partial charge in [0.25, 0.3) is 11.8 Å². The molecule has 4 bridgehead atoms. The van der Waals surface area contributed by atoms with Gasteiger partial charge in [-0.25, -0.2) is 0 Å². The zero-order chi connectivity index (χ0) is 29.6. The molecule has 2 aliphatic heterocycles. The minimum atomic E-state index is -0.507. The highest BCUT2D eigenvalue weighted by atomic mass is 35.5. The number of hydrogen-bond donors (Lipinski definition) is 1. The first-order valence-corrected chi connectivity index (χ1v) is 14.3. The summed E-state index contributed by atoms with van der Waals surface area (Å²) >= 11 is 6.25. The monoisotopic (exact) mass is 592 g/mol. The van der Waals surface area contributed by atoms with Crippen LogP contribution in [-0.2, 0) is 16.1 Å². The van der Waals surface area contributed by atoms with Crippen molar-refractivity contribution in [3.05, 3.63) is 82.6 Å². The molecule has 3 amide bonds. The van der Waals surface area contributed by atoms with Crippen molar-refractivity contribution in [3.63, 3.8) is 0 Å². The van der Waals surface area contributed by atoms with E-state index in [2.05, 4.69) is 10.3 Å². The van der Waals surface area contributed by atoms with Crippen molar-refractivity contribution in [1.82, 2.24) is 20.1 Å². The number of pyridine rings is 1. The van der Waals surface area contributed by atoms with E-state index in [9.17, 15) is 14.4 Å². The minimum Gasteiger partial charge on any atom is -0.493 e. The lowest BCUT2D eigenvalue weighted by Crippen LogP contribution is -2.57. The number of carbonyl (C=O) groups is 3. The van der Waals surface area contributed by atoms with Gasteiger partial charge in [-0.2, -0.15) is 0 Å². The van der Waals surface area contributed by atoms with Crippen LogP contribution in [0.2, 0.25) is 5.02 Å². The van der Waals surface area contributed by atoms with Gasteiger partial charge in [0.1, 0.15) is 5.75 Å². The molecule has 3 heterocycles. The first-order valence-electron chi connectivity index (χ1n) is 13.9. The number of halogens is 1. The Hall–Kier alpha value is -4.15. The fraction of sp³-hybridized carbons (Fsp3) is 0.355. The van der Waals surface area contributed by atoms with Gasteiger partial charge in [-0.1, -0.05) is 30.7 Å². The molecule has 0 spiro atoms. The molecule has 0 aliphatic carbocycles. The van der Waals surface area contributed by atoms with Gasteiger partial charge in [-0.05, 0) is 54.8 Å². The van der Waals surface area contributed by atoms with Gasteiger partial charge in [0.05, 0.1) is 43.0 Å². The summed E-state index contributed by atoms with van der Waals surface area (Å²) in [5, 5.41) is 3.35. The average molecular weight is 593 g/mol. The maximum atomic E-state index is 13.5. The van der Waals surface area contributed by atoms with Gasteiger partial charge < -0.3 is 29.3 Å². The van der Waals surface area contributed by atoms with Gasteiger partial charge in [0.2, 0.25) is 5.91 Å². The molecule has 10 nitrogen and oxygen atoms in total. The van der Waals surface area contributed by atoms with Crippen molar-refractivity contribution < 1.29 is 28.6 Å². The number of likely N-dealkylation sites (tertiary alicyclic amines) is 1. The molecule has 0 unspecified atom stereocenters. The van der Waals surface area contributed by atoms with Crippen LogP contribution >= 0.6 is 11.6 Å². The summed E-state index contributed by atoms with van der Waals surface area (Å²) in [7, 11) is 1.53. The second-order valence-corrected chi connectivity index (χ2v) is 10.7. The van der Waals surface area contributed by atoms with E-state index in [-0.39, 0.29) is 48.5 Å². The van der Waals surface area contributed by atoms with Crippen molar-refractivity contribution in [2.75, 3.05) is 33.3 Å². The Morgan fingerprint density at radius 3 is 2.83 bits per heavy atom. The number of piperidine rings is 1. The number of nitrogens with zero attached hydrogens (tertiary/aromatic N) is 3. The first-order chi connectivity index (χ1) is 20.4. The fourth-order valence-electron chi connectivity index (χ4n) is 5.20. The Morgan fingerprint density at radius 1 is 1.19 bits per heavy atom. The standard InChI is InChI=1S/C31H33ClN4O6/c1-3-12-35-18-29(37)34-25-10-13-36(31(39)23-9-11-33-16-24(23)32)17-28(25)41-19-20-5-4-6-22(14-20)42-27-15-21(30(35)38)7-8-26(27)40-2/h4-9,11,14-16,25,28H,3,10,12-13,17-19H2,1-2H3,(H,34,37)/t25-,28-/m0/s1. The van der Waals surface area contributed by atoms with E-state index in [1.54, 1.807) is 29.2 Å². The summed E-state index contributed by atoms with van der Waals surface area (Å²) < 4.78 is 18.0. The highest BCUT2D eigenvalue weighted by Crippen LogP contribution is 2.33. The molecule has 1 aromatic heterocycles. The smallest absolute Gasteiger partial charge is 0.255 e. The number of carbonyl (C=O) groups excluding carboxylic acids is 3. The van der Waals surface area contributed by atoms with Gasteiger partial charge in [-0.3, -0.25) is 19.4 Å². The van der Waals surface area contributed by atoms with Crippen LogP contribution in [-0.4, -0.2) is 77.9 Å². The summed E-state index contributed by atoms with van der Waals surface area (Å²) in [6.07, 6.45) is 3.60. The Morgan fingerprint density at radius 2 is 2.05 bits per heavy atom. The molecule has 11 heteroatoms. The summed E-state index contributed by atoms with van der Waals surface area (Å²) in [6, 6.07) is 13.6. The van der Waals surface area contributed by atoms with Crippen LogP contribution in [0.5, 0.6) is 17.2 Å². The SMILES string of the molecule is CCCN1CC(=O)N[C@H]2CCN(C(=O)c3ccncc3Cl)C[C@@H]2OCc2cccc(c2)Oc2cc(ccc2OC)C1=O. The number of methoxy groups -OCH3 is 1. The molecular weight excluding hydrogens is 560 g/mol. The zero-order valence-corrected chi connectivity index (χ0v) is 24.3. The van der Waals surface area contributed by atoms with Crippen LogP contribution in [0.4, 0.5) is 0 Å². The van der Waals surface area contributed by atoms with Gasteiger partial charge in [0, 0.05) is 37.6 Å². The highest BCUT2D eigenvalue weighted by Gasteiger charge is 2.35. The summed E-state index contributed by atoms with van der Waals surface area (Å²) in [4.78, 5) is 47.3. The maximum absolute atomic E-state index is 13.5. The van der Waals surface area contributed by atoms with E-state index in [4.69, 9.17) is 25.8 Å². The van der Waals surface area contributed by atoms with Gasteiger partial charge in [-0.15, -0.1) is 0 Å². The number of hydrogen-bond acceptors (Lipinski definition) is 7. The molecule has 1 fully saturated rings. The molecule has 2 aliphatic rings. The lowest BCUT2D eigenvalue weighted by Gasteiger charge is -2.39. The van der Waals surface area contributed by atoms with Gasteiger partial charge >= 0.3 is 0 Å². The second kappa shape index (κ2) is 13.2. The summed E-state index contributed by atoms with van der Waals surface area (Å²) in [6.45, 7) is 3.10. The number of benzene rings is 2. The number of nitrogens with one attached hydrogen (secondary N) is 1. The van der Waals surface area contributed by atoms with E-state index in [0.29, 0.717) is 54.3 Å². The highest BCUT2D eigenvalue weighted by molar-refractivity contribution is 6.33. The Bertz CT molecular complexity index is 1470. The molecule has 0 saturated carbocycles. The molecule has 3 aromatic rings. The number of rotatable bonds is 4. The second-order valence-electron chi connectivity index (χ2n) is 10.3. The number of aromatic nitrogens is 1. The molecule has 42 heavy (non-hydrogen) atoms. The lowest BCUT2D eigenvalue weighted by atomic mass is 10.00. The third kappa shape index (κ3) is 6.66.